The second kappa shape index (κ2) is 5.24. The molecule has 0 aromatic heterocycles. The third-order valence-electron chi connectivity index (χ3n) is 2.74. The average Bonchev–Trinajstić information content (AvgIpc) is 2.89. The molecule has 2 heteroatoms. The maximum absolute atomic E-state index is 8.64. The third-order valence-corrected chi connectivity index (χ3v) is 2.74. The highest BCUT2D eigenvalue weighted by molar-refractivity contribution is 4.90. The molecule has 0 aromatic carbocycles. The average molecular weight is 180 g/mol. The summed E-state index contributed by atoms with van der Waals surface area (Å²) >= 11 is 0. The lowest BCUT2D eigenvalue weighted by Gasteiger charge is -2.27. The van der Waals surface area contributed by atoms with Crippen LogP contribution in [0.2, 0.25) is 0 Å². The van der Waals surface area contributed by atoms with Gasteiger partial charge in [0.05, 0.1) is 12.5 Å². The van der Waals surface area contributed by atoms with Crippen molar-refractivity contribution in [2.24, 2.45) is 0 Å². The summed E-state index contributed by atoms with van der Waals surface area (Å²) in [6.45, 7) is 5.58. The van der Waals surface area contributed by atoms with Crippen molar-refractivity contribution in [1.82, 2.24) is 4.90 Å². The second-order valence-corrected chi connectivity index (χ2v) is 4.03. The van der Waals surface area contributed by atoms with E-state index in [1.54, 1.807) is 0 Å². The molecule has 0 heterocycles. The van der Waals surface area contributed by atoms with Crippen molar-refractivity contribution in [2.45, 2.75) is 58.0 Å². The van der Waals surface area contributed by atoms with Crippen LogP contribution in [0.5, 0.6) is 0 Å². The zero-order chi connectivity index (χ0) is 9.68. The molecular formula is C11H20N2. The van der Waals surface area contributed by atoms with Crippen LogP contribution in [0.1, 0.15) is 46.0 Å². The first-order valence-electron chi connectivity index (χ1n) is 5.42. The summed E-state index contributed by atoms with van der Waals surface area (Å²) in [6, 6.07) is 3.53. The number of nitriles is 1. The molecule has 0 spiro atoms. The highest BCUT2D eigenvalue weighted by Gasteiger charge is 2.31. The highest BCUT2D eigenvalue weighted by Crippen LogP contribution is 2.29. The zero-order valence-electron chi connectivity index (χ0n) is 8.79. The first kappa shape index (κ1) is 10.5. The van der Waals surface area contributed by atoms with E-state index in [2.05, 4.69) is 24.8 Å². The van der Waals surface area contributed by atoms with E-state index in [0.717, 1.165) is 6.04 Å². The fraction of sp³-hybridized carbons (Fsp3) is 0.909. The molecule has 0 aliphatic heterocycles. The van der Waals surface area contributed by atoms with Crippen LogP contribution in [0.15, 0.2) is 0 Å². The molecule has 1 fully saturated rings. The molecule has 1 atom stereocenters. The monoisotopic (exact) mass is 180 g/mol. The van der Waals surface area contributed by atoms with Crippen molar-refractivity contribution in [3.8, 4) is 6.07 Å². The maximum Gasteiger partial charge on any atom is 0.0638 e. The van der Waals surface area contributed by atoms with E-state index >= 15 is 0 Å². The summed E-state index contributed by atoms with van der Waals surface area (Å²) < 4.78 is 0. The molecule has 0 aromatic rings. The van der Waals surface area contributed by atoms with Crippen LogP contribution < -0.4 is 0 Å². The summed E-state index contributed by atoms with van der Waals surface area (Å²) in [5, 5.41) is 8.64. The minimum absolute atomic E-state index is 0.462. The van der Waals surface area contributed by atoms with Gasteiger partial charge in [-0.3, -0.25) is 4.90 Å². The Kier molecular flexibility index (Phi) is 4.24. The number of hydrogen-bond donors (Lipinski definition) is 0. The lowest BCUT2D eigenvalue weighted by atomic mass is 10.2. The van der Waals surface area contributed by atoms with Gasteiger partial charge in [0.25, 0.3) is 0 Å². The van der Waals surface area contributed by atoms with E-state index in [1.165, 1.54) is 32.2 Å². The van der Waals surface area contributed by atoms with Crippen LogP contribution >= 0.6 is 0 Å². The maximum atomic E-state index is 8.64. The summed E-state index contributed by atoms with van der Waals surface area (Å²) in [6.07, 6.45) is 5.90. The van der Waals surface area contributed by atoms with Gasteiger partial charge in [0.15, 0.2) is 0 Å². The molecule has 1 unspecified atom stereocenters. The van der Waals surface area contributed by atoms with E-state index in [0.29, 0.717) is 12.5 Å². The normalized spacial score (nSPS) is 18.6. The zero-order valence-corrected chi connectivity index (χ0v) is 8.79. The molecule has 1 rings (SSSR count). The predicted molar refractivity (Wildman–Crippen MR) is 54.3 cm³/mol. The van der Waals surface area contributed by atoms with Gasteiger partial charge in [0.2, 0.25) is 0 Å². The molecule has 74 valence electrons. The van der Waals surface area contributed by atoms with Gasteiger partial charge in [-0.1, -0.05) is 13.3 Å². The number of rotatable bonds is 6. The smallest absolute Gasteiger partial charge is 0.0638 e. The van der Waals surface area contributed by atoms with Crippen molar-refractivity contribution in [1.29, 1.82) is 5.26 Å². The Labute approximate surface area is 81.5 Å². The van der Waals surface area contributed by atoms with Crippen molar-refractivity contribution in [3.63, 3.8) is 0 Å². The van der Waals surface area contributed by atoms with Crippen LogP contribution in [0.25, 0.3) is 0 Å². The first-order chi connectivity index (χ1) is 6.29. The van der Waals surface area contributed by atoms with Crippen LogP contribution in [-0.4, -0.2) is 23.5 Å². The van der Waals surface area contributed by atoms with Gasteiger partial charge in [-0.15, -0.1) is 0 Å². The Morgan fingerprint density at radius 2 is 2.23 bits per heavy atom. The second-order valence-electron chi connectivity index (χ2n) is 4.03. The predicted octanol–water partition coefficient (Wildman–Crippen LogP) is 2.55. The quantitative estimate of drug-likeness (QED) is 0.628. The standard InChI is InChI=1S/C11H20N2/c1-3-4-9-13(11-5-6-11)10(2)7-8-12/h10-11H,3-7,9H2,1-2H3. The molecule has 0 radical (unpaired) electrons. The lowest BCUT2D eigenvalue weighted by molar-refractivity contribution is 0.197. The topological polar surface area (TPSA) is 27.0 Å². The fourth-order valence-electron chi connectivity index (χ4n) is 1.76. The van der Waals surface area contributed by atoms with Crippen molar-refractivity contribution in [2.75, 3.05) is 6.54 Å². The van der Waals surface area contributed by atoms with Crippen molar-refractivity contribution in [3.05, 3.63) is 0 Å². The van der Waals surface area contributed by atoms with Crippen LogP contribution in [0.4, 0.5) is 0 Å². The van der Waals surface area contributed by atoms with Gasteiger partial charge >= 0.3 is 0 Å². The van der Waals surface area contributed by atoms with Gasteiger partial charge in [0, 0.05) is 12.1 Å². The largest absolute Gasteiger partial charge is 0.297 e. The number of hydrogen-bond acceptors (Lipinski definition) is 2. The molecule has 1 saturated carbocycles. The summed E-state index contributed by atoms with van der Waals surface area (Å²) in [5.74, 6) is 0. The fourth-order valence-corrected chi connectivity index (χ4v) is 1.76. The molecule has 1 aliphatic carbocycles. The van der Waals surface area contributed by atoms with Gasteiger partial charge in [-0.2, -0.15) is 5.26 Å². The van der Waals surface area contributed by atoms with Crippen molar-refractivity contribution >= 4 is 0 Å². The molecule has 13 heavy (non-hydrogen) atoms. The Balaban J connectivity index is 2.32. The highest BCUT2D eigenvalue weighted by atomic mass is 15.2. The Morgan fingerprint density at radius 1 is 1.54 bits per heavy atom. The molecule has 2 nitrogen and oxygen atoms in total. The van der Waals surface area contributed by atoms with Crippen LogP contribution in [0, 0.1) is 11.3 Å². The molecular weight excluding hydrogens is 160 g/mol. The molecule has 0 amide bonds. The van der Waals surface area contributed by atoms with Crippen molar-refractivity contribution < 1.29 is 0 Å². The summed E-state index contributed by atoms with van der Waals surface area (Å²) in [7, 11) is 0. The number of nitrogens with zero attached hydrogens (tertiary/aromatic N) is 2. The lowest BCUT2D eigenvalue weighted by Crippen LogP contribution is -2.35. The number of unbranched alkanes of at least 4 members (excludes halogenated alkanes) is 1. The summed E-state index contributed by atoms with van der Waals surface area (Å²) in [4.78, 5) is 2.52. The molecule has 1 aliphatic rings. The molecule has 0 saturated heterocycles. The Hall–Kier alpha value is -0.550. The van der Waals surface area contributed by atoms with Gasteiger partial charge in [0.1, 0.15) is 0 Å². The van der Waals surface area contributed by atoms with Gasteiger partial charge in [-0.25, -0.2) is 0 Å². The van der Waals surface area contributed by atoms with E-state index in [9.17, 15) is 0 Å². The minimum Gasteiger partial charge on any atom is -0.297 e. The van der Waals surface area contributed by atoms with Crippen LogP contribution in [-0.2, 0) is 0 Å². The van der Waals surface area contributed by atoms with E-state index < -0.39 is 0 Å². The van der Waals surface area contributed by atoms with E-state index in [4.69, 9.17) is 5.26 Å². The van der Waals surface area contributed by atoms with E-state index in [1.807, 2.05) is 0 Å². The van der Waals surface area contributed by atoms with E-state index in [-0.39, 0.29) is 0 Å². The molecule has 0 bridgehead atoms. The SMILES string of the molecule is CCCCN(C(C)CC#N)C1CC1. The Bertz CT molecular complexity index is 179. The van der Waals surface area contributed by atoms with Gasteiger partial charge < -0.3 is 0 Å². The third kappa shape index (κ3) is 3.36. The summed E-state index contributed by atoms with van der Waals surface area (Å²) in [5.41, 5.74) is 0. The Morgan fingerprint density at radius 3 is 2.69 bits per heavy atom. The van der Waals surface area contributed by atoms with Gasteiger partial charge in [-0.05, 0) is 32.7 Å². The first-order valence-corrected chi connectivity index (χ1v) is 5.42. The van der Waals surface area contributed by atoms with Crippen LogP contribution in [0.3, 0.4) is 0 Å². The minimum atomic E-state index is 0.462. The molecule has 0 N–H and O–H groups in total.